The molecule has 0 bridgehead atoms. The van der Waals surface area contributed by atoms with E-state index in [4.69, 9.17) is 9.47 Å². The molecule has 184 valence electrons. The number of fused-ring (bicyclic) bond motifs is 1. The van der Waals surface area contributed by atoms with E-state index in [2.05, 4.69) is 10.6 Å². The smallest absolute Gasteiger partial charge is 0.323 e. The summed E-state index contributed by atoms with van der Waals surface area (Å²) in [6, 6.07) is 11.2. The highest BCUT2D eigenvalue weighted by Gasteiger charge is 2.33. The number of hydrogen-bond donors (Lipinski definition) is 3. The molecule has 0 saturated heterocycles. The van der Waals surface area contributed by atoms with Gasteiger partial charge < -0.3 is 35.0 Å². The van der Waals surface area contributed by atoms with Crippen LogP contribution < -0.4 is 20.1 Å². The molecule has 1 aliphatic heterocycles. The van der Waals surface area contributed by atoms with Crippen molar-refractivity contribution in [1.29, 1.82) is 0 Å². The van der Waals surface area contributed by atoms with Gasteiger partial charge in [-0.3, -0.25) is 4.79 Å². The Kier molecular flexibility index (Phi) is 8.36. The molecule has 2 aromatic rings. The number of likely N-dealkylation sites (N-methyl/N-ethyl adjacent to an activating group) is 1. The summed E-state index contributed by atoms with van der Waals surface area (Å²) in [5.41, 5.74) is 1.40. The molecule has 0 spiro atoms. The third-order valence-corrected chi connectivity index (χ3v) is 5.82. The van der Waals surface area contributed by atoms with Crippen LogP contribution in [0.3, 0.4) is 0 Å². The van der Waals surface area contributed by atoms with Gasteiger partial charge in [0.05, 0.1) is 25.3 Å². The van der Waals surface area contributed by atoms with E-state index in [-0.39, 0.29) is 30.6 Å². The lowest BCUT2D eigenvalue weighted by Gasteiger charge is -2.37. The van der Waals surface area contributed by atoms with Crippen LogP contribution in [-0.4, -0.2) is 79.9 Å². The van der Waals surface area contributed by atoms with Crippen LogP contribution in [0.25, 0.3) is 0 Å². The molecule has 0 fully saturated rings. The molecule has 0 radical (unpaired) electrons. The zero-order chi connectivity index (χ0) is 24.8. The molecule has 1 heterocycles. The summed E-state index contributed by atoms with van der Waals surface area (Å²) in [5, 5.41) is 15.3. The fraction of sp³-hybridized carbons (Fsp3) is 0.440. The Bertz CT molecular complexity index is 995. The van der Waals surface area contributed by atoms with E-state index in [0.717, 1.165) is 0 Å². The minimum Gasteiger partial charge on any atom is -0.497 e. The second-order valence-electron chi connectivity index (χ2n) is 8.90. The lowest BCUT2D eigenvalue weighted by molar-refractivity contribution is 0.0363. The van der Waals surface area contributed by atoms with Gasteiger partial charge in [0, 0.05) is 30.4 Å². The number of rotatable bonds is 7. The molecule has 9 heteroatoms. The number of ether oxygens (including phenoxy) is 2. The number of methoxy groups -OCH3 is 1. The lowest BCUT2D eigenvalue weighted by Crippen LogP contribution is -2.49. The van der Waals surface area contributed by atoms with Crippen molar-refractivity contribution in [3.8, 4) is 11.5 Å². The first-order chi connectivity index (χ1) is 16.2. The van der Waals surface area contributed by atoms with Crippen LogP contribution in [-0.2, 0) is 0 Å². The second kappa shape index (κ2) is 11.2. The maximum atomic E-state index is 13.4. The fourth-order valence-electron chi connectivity index (χ4n) is 3.85. The van der Waals surface area contributed by atoms with Crippen LogP contribution in [0.1, 0.15) is 24.2 Å². The first-order valence-electron chi connectivity index (χ1n) is 11.3. The Labute approximate surface area is 200 Å². The van der Waals surface area contributed by atoms with Gasteiger partial charge >= 0.3 is 6.03 Å². The van der Waals surface area contributed by atoms with Crippen molar-refractivity contribution in [3.63, 3.8) is 0 Å². The molecular weight excluding hydrogens is 436 g/mol. The molecule has 3 rings (SSSR count). The highest BCUT2D eigenvalue weighted by atomic mass is 16.5. The third kappa shape index (κ3) is 6.18. The van der Waals surface area contributed by atoms with Crippen LogP contribution in [0, 0.1) is 5.92 Å². The van der Waals surface area contributed by atoms with Crippen LogP contribution in [0.4, 0.5) is 16.2 Å². The Morgan fingerprint density at radius 3 is 2.47 bits per heavy atom. The van der Waals surface area contributed by atoms with Crippen LogP contribution in [0.2, 0.25) is 0 Å². The van der Waals surface area contributed by atoms with E-state index in [1.165, 1.54) is 0 Å². The number of anilines is 2. The molecule has 2 aromatic carbocycles. The molecule has 0 unspecified atom stereocenters. The van der Waals surface area contributed by atoms with Gasteiger partial charge in [0.15, 0.2) is 0 Å². The topological polar surface area (TPSA) is 103 Å². The van der Waals surface area contributed by atoms with Gasteiger partial charge in [0.2, 0.25) is 0 Å². The van der Waals surface area contributed by atoms with E-state index in [1.807, 2.05) is 32.8 Å². The van der Waals surface area contributed by atoms with Gasteiger partial charge in [-0.15, -0.1) is 0 Å². The Morgan fingerprint density at radius 2 is 1.85 bits per heavy atom. The van der Waals surface area contributed by atoms with Gasteiger partial charge in [-0.25, -0.2) is 4.79 Å². The maximum absolute atomic E-state index is 13.4. The van der Waals surface area contributed by atoms with Crippen LogP contribution in [0.5, 0.6) is 11.5 Å². The van der Waals surface area contributed by atoms with Crippen molar-refractivity contribution in [2.24, 2.45) is 5.92 Å². The van der Waals surface area contributed by atoms with Gasteiger partial charge in [0.25, 0.3) is 5.91 Å². The van der Waals surface area contributed by atoms with E-state index in [9.17, 15) is 14.7 Å². The largest absolute Gasteiger partial charge is 0.497 e. The fourth-order valence-corrected chi connectivity index (χ4v) is 3.85. The molecule has 3 amide bonds. The molecule has 0 saturated carbocycles. The van der Waals surface area contributed by atoms with Gasteiger partial charge in [-0.05, 0) is 63.5 Å². The highest BCUT2D eigenvalue weighted by Crippen LogP contribution is 2.30. The molecular formula is C25H34N4O5. The number of benzene rings is 2. The number of carbonyl (C=O) groups excluding carboxylic acids is 2. The Morgan fingerprint density at radius 1 is 1.21 bits per heavy atom. The summed E-state index contributed by atoms with van der Waals surface area (Å²) in [4.78, 5) is 29.7. The number of nitrogens with zero attached hydrogens (tertiary/aromatic N) is 2. The van der Waals surface area contributed by atoms with E-state index >= 15 is 0 Å². The zero-order valence-electron chi connectivity index (χ0n) is 20.4. The molecule has 1 aliphatic rings. The van der Waals surface area contributed by atoms with Crippen LogP contribution in [0.15, 0.2) is 42.5 Å². The zero-order valence-corrected chi connectivity index (χ0v) is 20.4. The maximum Gasteiger partial charge on any atom is 0.323 e. The first-order valence-corrected chi connectivity index (χ1v) is 11.3. The Hall–Kier alpha value is -3.30. The third-order valence-electron chi connectivity index (χ3n) is 5.82. The summed E-state index contributed by atoms with van der Waals surface area (Å²) < 4.78 is 11.4. The number of urea groups is 1. The van der Waals surface area contributed by atoms with Crippen LogP contribution >= 0.6 is 0 Å². The Balaban J connectivity index is 1.85. The number of aliphatic hydroxyl groups excluding tert-OH is 1. The van der Waals surface area contributed by atoms with Gasteiger partial charge in [-0.1, -0.05) is 6.92 Å². The quantitative estimate of drug-likeness (QED) is 0.575. The average Bonchev–Trinajstić information content (AvgIpc) is 2.81. The van der Waals surface area contributed by atoms with Crippen molar-refractivity contribution < 1.29 is 24.2 Å². The van der Waals surface area contributed by atoms with E-state index in [0.29, 0.717) is 41.5 Å². The number of amides is 3. The summed E-state index contributed by atoms with van der Waals surface area (Å²) in [5.74, 6) is 0.960. The normalized spacial score (nSPS) is 18.9. The predicted molar refractivity (Wildman–Crippen MR) is 132 cm³/mol. The van der Waals surface area contributed by atoms with Crippen molar-refractivity contribution in [2.45, 2.75) is 26.0 Å². The van der Waals surface area contributed by atoms with Crippen molar-refractivity contribution in [3.05, 3.63) is 48.0 Å². The summed E-state index contributed by atoms with van der Waals surface area (Å²) in [7, 11) is 5.53. The molecule has 3 N–H and O–H groups in total. The molecule has 3 atom stereocenters. The van der Waals surface area contributed by atoms with E-state index in [1.54, 1.807) is 54.5 Å². The van der Waals surface area contributed by atoms with Crippen molar-refractivity contribution in [1.82, 2.24) is 9.80 Å². The summed E-state index contributed by atoms with van der Waals surface area (Å²) >= 11 is 0. The number of aliphatic hydroxyl groups is 1. The van der Waals surface area contributed by atoms with Crippen molar-refractivity contribution >= 4 is 23.3 Å². The summed E-state index contributed by atoms with van der Waals surface area (Å²) in [6.07, 6.45) is -0.146. The minimum atomic E-state index is -0.441. The molecule has 9 nitrogen and oxygen atoms in total. The average molecular weight is 471 g/mol. The predicted octanol–water partition coefficient (Wildman–Crippen LogP) is 3.12. The SMILES string of the molecule is COc1ccc(NC(=O)Nc2ccc3c(c2)C(=O)N([C@@H](C)CO)C[C@@H](C)[C@@H](CN(C)C)O3)cc1. The van der Waals surface area contributed by atoms with Gasteiger partial charge in [-0.2, -0.15) is 0 Å². The number of carbonyl (C=O) groups is 2. The lowest BCUT2D eigenvalue weighted by atomic mass is 9.99. The molecule has 0 aliphatic carbocycles. The number of hydrogen-bond acceptors (Lipinski definition) is 6. The van der Waals surface area contributed by atoms with Crippen molar-refractivity contribution in [2.75, 3.05) is 51.5 Å². The standard InChI is InChI=1S/C25H34N4O5/c1-16-13-29(17(2)15-30)24(31)21-12-19(8-11-22(21)34-23(16)14-28(3)4)27-25(32)26-18-6-9-20(33-5)10-7-18/h6-12,16-17,23,30H,13-15H2,1-5H3,(H2,26,27,32)/t16-,17+,23-/m1/s1. The first kappa shape index (κ1) is 25.3. The molecule has 0 aromatic heterocycles. The highest BCUT2D eigenvalue weighted by molar-refractivity contribution is 6.02. The number of nitrogens with one attached hydrogen (secondary N) is 2. The minimum absolute atomic E-state index is 0.0570. The van der Waals surface area contributed by atoms with Gasteiger partial charge in [0.1, 0.15) is 17.6 Å². The summed E-state index contributed by atoms with van der Waals surface area (Å²) in [6.45, 7) is 4.85. The monoisotopic (exact) mass is 470 g/mol. The second-order valence-corrected chi connectivity index (χ2v) is 8.90. The van der Waals surface area contributed by atoms with E-state index < -0.39 is 6.03 Å². The molecule has 34 heavy (non-hydrogen) atoms.